The van der Waals surface area contributed by atoms with E-state index in [1.165, 1.54) is 4.31 Å². The maximum absolute atomic E-state index is 12.7. The predicted octanol–water partition coefficient (Wildman–Crippen LogP) is 3.45. The number of amides is 1. The van der Waals surface area contributed by atoms with E-state index in [1.807, 2.05) is 60.0 Å². The quantitative estimate of drug-likeness (QED) is 0.627. The first-order chi connectivity index (χ1) is 14.5. The highest BCUT2D eigenvalue weighted by Gasteiger charge is 2.25. The normalized spacial score (nSPS) is 15.0. The number of carbonyl (C=O) groups is 1. The number of rotatable bonds is 7. The van der Waals surface area contributed by atoms with E-state index < -0.39 is 10.0 Å². The van der Waals surface area contributed by atoms with E-state index in [4.69, 9.17) is 4.98 Å². The van der Waals surface area contributed by atoms with Crippen LogP contribution in [0.3, 0.4) is 0 Å². The summed E-state index contributed by atoms with van der Waals surface area (Å²) in [4.78, 5) is 17.4. The molecule has 1 saturated heterocycles. The molecule has 3 aromatic rings. The first-order valence-electron chi connectivity index (χ1n) is 10.3. The Morgan fingerprint density at radius 2 is 1.83 bits per heavy atom. The van der Waals surface area contributed by atoms with E-state index in [0.29, 0.717) is 31.0 Å². The molecule has 0 radical (unpaired) electrons. The number of benzene rings is 1. The number of sulfonamides is 1. The Balaban J connectivity index is 1.51. The molecule has 0 aliphatic carbocycles. The number of anilines is 1. The van der Waals surface area contributed by atoms with Gasteiger partial charge in [0.05, 0.1) is 5.75 Å². The van der Waals surface area contributed by atoms with Crippen LogP contribution in [0.15, 0.2) is 48.7 Å². The summed E-state index contributed by atoms with van der Waals surface area (Å²) in [6.45, 7) is 3.16. The van der Waals surface area contributed by atoms with Gasteiger partial charge in [-0.05, 0) is 37.8 Å². The predicted molar refractivity (Wildman–Crippen MR) is 118 cm³/mol. The van der Waals surface area contributed by atoms with Crippen LogP contribution in [0, 0.1) is 6.92 Å². The minimum atomic E-state index is -3.27. The number of hydrogen-bond acceptors (Lipinski definition) is 4. The highest BCUT2D eigenvalue weighted by atomic mass is 32.2. The van der Waals surface area contributed by atoms with E-state index in [2.05, 4.69) is 5.32 Å². The van der Waals surface area contributed by atoms with Gasteiger partial charge in [0, 0.05) is 31.3 Å². The average molecular weight is 427 g/mol. The molecule has 0 bridgehead atoms. The fraction of sp³-hybridized carbons (Fsp3) is 0.364. The highest BCUT2D eigenvalue weighted by molar-refractivity contribution is 7.89. The number of imidazole rings is 1. The molecular formula is C22H26N4O3S. The molecule has 1 fully saturated rings. The van der Waals surface area contributed by atoms with Gasteiger partial charge in [0.2, 0.25) is 15.9 Å². The van der Waals surface area contributed by atoms with E-state index in [0.717, 1.165) is 29.6 Å². The Bertz CT molecular complexity index is 1150. The van der Waals surface area contributed by atoms with E-state index in [1.54, 1.807) is 0 Å². The lowest BCUT2D eigenvalue weighted by Crippen LogP contribution is -2.30. The molecule has 0 atom stereocenters. The van der Waals surface area contributed by atoms with Gasteiger partial charge in [-0.2, -0.15) is 0 Å². The standard InChI is InChI=1S/C22H26N4O3S/c1-17-9-7-15-26-21(17)24-20(18-10-3-2-4-11-18)22(26)23-19(27)12-8-16-30(28,29)25-13-5-6-14-25/h2-4,7,9-11,15H,5-6,8,12-14,16H2,1H3,(H,23,27). The zero-order chi connectivity index (χ0) is 21.1. The maximum Gasteiger partial charge on any atom is 0.225 e. The second-order valence-electron chi connectivity index (χ2n) is 7.63. The van der Waals surface area contributed by atoms with Gasteiger partial charge in [-0.15, -0.1) is 0 Å². The molecule has 1 aliphatic heterocycles. The van der Waals surface area contributed by atoms with Gasteiger partial charge in [-0.25, -0.2) is 17.7 Å². The van der Waals surface area contributed by atoms with Crippen molar-refractivity contribution in [3.05, 3.63) is 54.2 Å². The smallest absolute Gasteiger partial charge is 0.225 e. The van der Waals surface area contributed by atoms with Crippen molar-refractivity contribution >= 4 is 27.4 Å². The van der Waals surface area contributed by atoms with Gasteiger partial charge in [0.15, 0.2) is 0 Å². The molecule has 4 rings (SSSR count). The number of aromatic nitrogens is 2. The van der Waals surface area contributed by atoms with Gasteiger partial charge in [-0.1, -0.05) is 36.4 Å². The fourth-order valence-electron chi connectivity index (χ4n) is 3.83. The van der Waals surface area contributed by atoms with Crippen molar-refractivity contribution in [2.45, 2.75) is 32.6 Å². The van der Waals surface area contributed by atoms with Gasteiger partial charge < -0.3 is 5.32 Å². The summed E-state index contributed by atoms with van der Waals surface area (Å²) in [5.74, 6) is 0.387. The van der Waals surface area contributed by atoms with Crippen molar-refractivity contribution in [2.75, 3.05) is 24.2 Å². The van der Waals surface area contributed by atoms with Gasteiger partial charge in [-0.3, -0.25) is 9.20 Å². The molecule has 0 unspecified atom stereocenters. The van der Waals surface area contributed by atoms with Crippen LogP contribution in [0.1, 0.15) is 31.2 Å². The van der Waals surface area contributed by atoms with E-state index in [9.17, 15) is 13.2 Å². The second-order valence-corrected chi connectivity index (χ2v) is 9.72. The van der Waals surface area contributed by atoms with Crippen LogP contribution in [-0.4, -0.2) is 46.9 Å². The summed E-state index contributed by atoms with van der Waals surface area (Å²) in [5, 5.41) is 2.97. The zero-order valence-electron chi connectivity index (χ0n) is 17.0. The summed E-state index contributed by atoms with van der Waals surface area (Å²) in [5.41, 5.74) is 3.39. The second kappa shape index (κ2) is 8.57. The van der Waals surface area contributed by atoms with Crippen molar-refractivity contribution in [3.8, 4) is 11.3 Å². The Hall–Kier alpha value is -2.71. The first-order valence-corrected chi connectivity index (χ1v) is 11.9. The van der Waals surface area contributed by atoms with E-state index in [-0.39, 0.29) is 18.1 Å². The number of carbonyl (C=O) groups excluding carboxylic acids is 1. The highest BCUT2D eigenvalue weighted by Crippen LogP contribution is 2.30. The summed E-state index contributed by atoms with van der Waals surface area (Å²) >= 11 is 0. The van der Waals surface area contributed by atoms with E-state index >= 15 is 0 Å². The molecule has 8 heteroatoms. The lowest BCUT2D eigenvalue weighted by molar-refractivity contribution is -0.116. The van der Waals surface area contributed by atoms with Crippen molar-refractivity contribution < 1.29 is 13.2 Å². The van der Waals surface area contributed by atoms with Crippen LogP contribution in [0.5, 0.6) is 0 Å². The minimum absolute atomic E-state index is 0.00176. The van der Waals surface area contributed by atoms with Crippen molar-refractivity contribution in [2.24, 2.45) is 0 Å². The Labute approximate surface area is 176 Å². The lowest BCUT2D eigenvalue weighted by atomic mass is 10.1. The summed E-state index contributed by atoms with van der Waals surface area (Å²) in [7, 11) is -3.27. The van der Waals surface area contributed by atoms with Crippen LogP contribution < -0.4 is 5.32 Å². The van der Waals surface area contributed by atoms with Crippen molar-refractivity contribution in [1.82, 2.24) is 13.7 Å². The number of aryl methyl sites for hydroxylation is 1. The molecule has 3 heterocycles. The third kappa shape index (κ3) is 4.24. The number of nitrogens with zero attached hydrogens (tertiary/aromatic N) is 3. The minimum Gasteiger partial charge on any atom is -0.310 e. The van der Waals surface area contributed by atoms with Crippen LogP contribution in [-0.2, 0) is 14.8 Å². The summed E-state index contributed by atoms with van der Waals surface area (Å²) in [6.07, 6.45) is 4.13. The van der Waals surface area contributed by atoms with Gasteiger partial charge in [0.25, 0.3) is 0 Å². The third-order valence-electron chi connectivity index (χ3n) is 5.41. The Morgan fingerprint density at radius 3 is 2.57 bits per heavy atom. The van der Waals surface area contributed by atoms with Gasteiger partial charge >= 0.3 is 0 Å². The third-order valence-corrected chi connectivity index (χ3v) is 7.37. The van der Waals surface area contributed by atoms with Crippen LogP contribution >= 0.6 is 0 Å². The molecular weight excluding hydrogens is 400 g/mol. The number of fused-ring (bicyclic) bond motifs is 1. The zero-order valence-corrected chi connectivity index (χ0v) is 17.9. The lowest BCUT2D eigenvalue weighted by Gasteiger charge is -2.15. The first kappa shape index (κ1) is 20.6. The van der Waals surface area contributed by atoms with Crippen LogP contribution in [0.4, 0.5) is 5.82 Å². The van der Waals surface area contributed by atoms with Crippen LogP contribution in [0.25, 0.3) is 16.9 Å². The fourth-order valence-corrected chi connectivity index (χ4v) is 5.41. The SMILES string of the molecule is Cc1cccn2c(NC(=O)CCCS(=O)(=O)N3CCCC3)c(-c3ccccc3)nc12. The Morgan fingerprint density at radius 1 is 1.10 bits per heavy atom. The van der Waals surface area contributed by atoms with Gasteiger partial charge in [0.1, 0.15) is 17.2 Å². The monoisotopic (exact) mass is 426 g/mol. The summed E-state index contributed by atoms with van der Waals surface area (Å²) in [6, 6.07) is 13.6. The molecule has 1 N–H and O–H groups in total. The molecule has 7 nitrogen and oxygen atoms in total. The largest absolute Gasteiger partial charge is 0.310 e. The molecule has 158 valence electrons. The number of pyridine rings is 1. The van der Waals surface area contributed by atoms with Crippen molar-refractivity contribution in [3.63, 3.8) is 0 Å². The van der Waals surface area contributed by atoms with Crippen molar-refractivity contribution in [1.29, 1.82) is 0 Å². The maximum atomic E-state index is 12.7. The molecule has 0 spiro atoms. The Kier molecular flexibility index (Phi) is 5.87. The molecule has 1 aromatic carbocycles. The molecule has 1 aliphatic rings. The molecule has 2 aromatic heterocycles. The average Bonchev–Trinajstić information content (AvgIpc) is 3.39. The molecule has 30 heavy (non-hydrogen) atoms. The number of hydrogen-bond donors (Lipinski definition) is 1. The molecule has 1 amide bonds. The topological polar surface area (TPSA) is 83.8 Å². The number of nitrogens with one attached hydrogen (secondary N) is 1. The van der Waals surface area contributed by atoms with Crippen LogP contribution in [0.2, 0.25) is 0 Å². The molecule has 0 saturated carbocycles. The summed E-state index contributed by atoms with van der Waals surface area (Å²) < 4.78 is 28.1.